The van der Waals surface area contributed by atoms with Crippen LogP contribution in [0.4, 0.5) is 0 Å². The molecule has 0 bridgehead atoms. The fourth-order valence-electron chi connectivity index (χ4n) is 1.39. The van der Waals surface area contributed by atoms with Gasteiger partial charge in [-0.1, -0.05) is 34.8 Å². The molecule has 0 aromatic carbocycles. The van der Waals surface area contributed by atoms with Crippen molar-refractivity contribution in [3.8, 4) is 0 Å². The minimum absolute atomic E-state index is 0.0812. The SMILES string of the molecule is [O]C1CCC(C(Cl)(Cl)Cl)CC1. The van der Waals surface area contributed by atoms with Crippen LogP contribution in [-0.4, -0.2) is 9.90 Å². The molecule has 0 unspecified atom stereocenters. The van der Waals surface area contributed by atoms with Gasteiger partial charge in [-0.05, 0) is 25.7 Å². The summed E-state index contributed by atoms with van der Waals surface area (Å²) in [6.07, 6.45) is 2.38. The molecule has 0 aliphatic heterocycles. The Morgan fingerprint density at radius 2 is 1.45 bits per heavy atom. The number of hydrogen-bond acceptors (Lipinski definition) is 0. The predicted octanol–water partition coefficient (Wildman–Crippen LogP) is 3.35. The average Bonchev–Trinajstić information content (AvgIpc) is 1.86. The van der Waals surface area contributed by atoms with E-state index in [2.05, 4.69) is 0 Å². The predicted molar refractivity (Wildman–Crippen MR) is 46.7 cm³/mol. The fraction of sp³-hybridized carbons (Fsp3) is 1.00. The quantitative estimate of drug-likeness (QED) is 0.554. The molecule has 0 heterocycles. The van der Waals surface area contributed by atoms with Crippen LogP contribution < -0.4 is 0 Å². The lowest BCUT2D eigenvalue weighted by molar-refractivity contribution is 0.0430. The third-order valence-corrected chi connectivity index (χ3v) is 3.06. The highest BCUT2D eigenvalue weighted by Gasteiger charge is 2.35. The van der Waals surface area contributed by atoms with Gasteiger partial charge in [0.1, 0.15) is 0 Å². The Kier molecular flexibility index (Phi) is 3.33. The van der Waals surface area contributed by atoms with Gasteiger partial charge in [0.15, 0.2) is 3.79 Å². The number of alkyl halides is 3. The van der Waals surface area contributed by atoms with Crippen molar-refractivity contribution in [3.63, 3.8) is 0 Å². The van der Waals surface area contributed by atoms with E-state index in [0.29, 0.717) is 12.8 Å². The molecule has 1 nitrogen and oxygen atoms in total. The van der Waals surface area contributed by atoms with Gasteiger partial charge < -0.3 is 0 Å². The van der Waals surface area contributed by atoms with E-state index in [-0.39, 0.29) is 5.92 Å². The minimum Gasteiger partial charge on any atom is -0.233 e. The third-order valence-electron chi connectivity index (χ3n) is 2.14. The maximum Gasteiger partial charge on any atom is 0.193 e. The van der Waals surface area contributed by atoms with Crippen LogP contribution in [0, 0.1) is 5.92 Å². The largest absolute Gasteiger partial charge is 0.233 e. The van der Waals surface area contributed by atoms with Crippen molar-refractivity contribution in [2.75, 3.05) is 0 Å². The van der Waals surface area contributed by atoms with Crippen LogP contribution in [-0.2, 0) is 5.11 Å². The summed E-state index contributed by atoms with van der Waals surface area (Å²) in [5.74, 6) is 0.0812. The Labute approximate surface area is 81.6 Å². The van der Waals surface area contributed by atoms with Crippen molar-refractivity contribution >= 4 is 34.8 Å². The normalized spacial score (nSPS) is 33.8. The summed E-state index contributed by atoms with van der Waals surface area (Å²) in [6, 6.07) is 0. The Bertz CT molecular complexity index is 124. The first kappa shape index (κ1) is 9.91. The highest BCUT2D eigenvalue weighted by Crippen LogP contribution is 2.42. The fourth-order valence-corrected chi connectivity index (χ4v) is 2.04. The average molecular weight is 217 g/mol. The Balaban J connectivity index is 2.39. The lowest BCUT2D eigenvalue weighted by Gasteiger charge is -2.29. The number of hydrogen-bond donors (Lipinski definition) is 0. The monoisotopic (exact) mass is 215 g/mol. The summed E-state index contributed by atoms with van der Waals surface area (Å²) in [4.78, 5) is 0. The van der Waals surface area contributed by atoms with E-state index in [4.69, 9.17) is 34.8 Å². The first-order valence-corrected chi connectivity index (χ1v) is 4.86. The van der Waals surface area contributed by atoms with Crippen LogP contribution in [0.3, 0.4) is 0 Å². The molecule has 0 aromatic heterocycles. The molecule has 1 fully saturated rings. The Morgan fingerprint density at radius 1 is 1.00 bits per heavy atom. The van der Waals surface area contributed by atoms with Crippen LogP contribution in [0.5, 0.6) is 0 Å². The zero-order valence-corrected chi connectivity index (χ0v) is 8.29. The molecule has 0 N–H and O–H groups in total. The van der Waals surface area contributed by atoms with E-state index < -0.39 is 9.90 Å². The second-order valence-corrected chi connectivity index (χ2v) is 5.38. The summed E-state index contributed by atoms with van der Waals surface area (Å²) < 4.78 is -1.17. The molecule has 1 radical (unpaired) electrons. The van der Waals surface area contributed by atoms with Crippen molar-refractivity contribution < 1.29 is 5.11 Å². The molecular weight excluding hydrogens is 206 g/mol. The summed E-state index contributed by atoms with van der Waals surface area (Å²) in [5.41, 5.74) is 0. The van der Waals surface area contributed by atoms with Gasteiger partial charge in [-0.15, -0.1) is 0 Å². The molecular formula is C7H10Cl3O. The Hall–Kier alpha value is 0.830. The van der Waals surface area contributed by atoms with Crippen molar-refractivity contribution in [1.82, 2.24) is 0 Å². The highest BCUT2D eigenvalue weighted by atomic mass is 35.6. The zero-order valence-electron chi connectivity index (χ0n) is 6.03. The molecule has 0 saturated heterocycles. The summed E-state index contributed by atoms with van der Waals surface area (Å²) in [7, 11) is 0. The van der Waals surface area contributed by atoms with Gasteiger partial charge in [0, 0.05) is 5.92 Å². The molecule has 4 heteroatoms. The summed E-state index contributed by atoms with van der Waals surface area (Å²) >= 11 is 17.1. The topological polar surface area (TPSA) is 19.9 Å². The van der Waals surface area contributed by atoms with Crippen LogP contribution in [0.25, 0.3) is 0 Å². The summed E-state index contributed by atoms with van der Waals surface area (Å²) in [5, 5.41) is 10.9. The Morgan fingerprint density at radius 3 is 1.82 bits per heavy atom. The number of halogens is 3. The third kappa shape index (κ3) is 2.98. The van der Waals surface area contributed by atoms with Crippen LogP contribution >= 0.6 is 34.8 Å². The van der Waals surface area contributed by atoms with Gasteiger partial charge in [-0.25, -0.2) is 5.11 Å². The van der Waals surface area contributed by atoms with Gasteiger partial charge >= 0.3 is 0 Å². The second-order valence-electron chi connectivity index (χ2n) is 3.02. The lowest BCUT2D eigenvalue weighted by atomic mass is 9.88. The van der Waals surface area contributed by atoms with Crippen LogP contribution in [0.2, 0.25) is 0 Å². The van der Waals surface area contributed by atoms with Gasteiger partial charge in [-0.2, -0.15) is 0 Å². The second kappa shape index (κ2) is 3.69. The van der Waals surface area contributed by atoms with Crippen molar-refractivity contribution in [3.05, 3.63) is 0 Å². The van der Waals surface area contributed by atoms with Crippen molar-refractivity contribution in [1.29, 1.82) is 0 Å². The smallest absolute Gasteiger partial charge is 0.193 e. The van der Waals surface area contributed by atoms with E-state index in [1.165, 1.54) is 0 Å². The van der Waals surface area contributed by atoms with Gasteiger partial charge in [0.25, 0.3) is 0 Å². The molecule has 0 spiro atoms. The molecule has 0 atom stereocenters. The van der Waals surface area contributed by atoms with E-state index in [1.807, 2.05) is 0 Å². The van der Waals surface area contributed by atoms with Gasteiger partial charge in [-0.3, -0.25) is 0 Å². The lowest BCUT2D eigenvalue weighted by Crippen LogP contribution is -2.26. The van der Waals surface area contributed by atoms with Crippen LogP contribution in [0.1, 0.15) is 25.7 Å². The van der Waals surface area contributed by atoms with Crippen LogP contribution in [0.15, 0.2) is 0 Å². The van der Waals surface area contributed by atoms with Crippen molar-refractivity contribution in [2.24, 2.45) is 5.92 Å². The zero-order chi connectivity index (χ0) is 8.48. The molecule has 1 saturated carbocycles. The first-order valence-electron chi connectivity index (χ1n) is 3.72. The molecule has 1 aliphatic rings. The molecule has 0 amide bonds. The minimum atomic E-state index is -1.17. The number of rotatable bonds is 0. The molecule has 1 rings (SSSR count). The van der Waals surface area contributed by atoms with Gasteiger partial charge in [0.2, 0.25) is 0 Å². The molecule has 65 valence electrons. The first-order chi connectivity index (χ1) is 5.00. The standard InChI is InChI=1S/C7H10Cl3O/c8-7(9,10)5-1-3-6(11)4-2-5/h5-6H,1-4H2. The molecule has 1 aliphatic carbocycles. The molecule has 0 aromatic rings. The summed E-state index contributed by atoms with van der Waals surface area (Å²) in [6.45, 7) is 0. The van der Waals surface area contributed by atoms with E-state index in [9.17, 15) is 5.11 Å². The van der Waals surface area contributed by atoms with E-state index in [0.717, 1.165) is 12.8 Å². The highest BCUT2D eigenvalue weighted by molar-refractivity contribution is 6.67. The molecule has 11 heavy (non-hydrogen) atoms. The maximum atomic E-state index is 10.9. The maximum absolute atomic E-state index is 10.9. The van der Waals surface area contributed by atoms with E-state index in [1.54, 1.807) is 0 Å². The van der Waals surface area contributed by atoms with E-state index >= 15 is 0 Å². The van der Waals surface area contributed by atoms with Gasteiger partial charge in [0.05, 0.1) is 6.10 Å². The van der Waals surface area contributed by atoms with Crippen molar-refractivity contribution in [2.45, 2.75) is 35.6 Å².